The third kappa shape index (κ3) is 5.72. The van der Waals surface area contributed by atoms with Crippen LogP contribution < -0.4 is 10.0 Å². The van der Waals surface area contributed by atoms with Crippen molar-refractivity contribution < 1.29 is 23.1 Å². The Morgan fingerprint density at radius 3 is 2.50 bits per heavy atom. The molecule has 1 rings (SSSR count). The minimum atomic E-state index is -3.51. The van der Waals surface area contributed by atoms with E-state index < -0.39 is 27.9 Å². The second kappa shape index (κ2) is 7.79. The van der Waals surface area contributed by atoms with Crippen LogP contribution in [0.15, 0.2) is 24.3 Å². The molecule has 0 aliphatic rings. The zero-order valence-corrected chi connectivity index (χ0v) is 13.3. The van der Waals surface area contributed by atoms with E-state index >= 15 is 0 Å². The van der Waals surface area contributed by atoms with Gasteiger partial charge in [-0.2, -0.15) is 0 Å². The molecule has 122 valence electrons. The molecule has 7 nitrogen and oxygen atoms in total. The van der Waals surface area contributed by atoms with Crippen LogP contribution in [-0.4, -0.2) is 37.2 Å². The van der Waals surface area contributed by atoms with Crippen LogP contribution in [0.25, 0.3) is 0 Å². The number of hydrogen-bond acceptors (Lipinski definition) is 4. The van der Waals surface area contributed by atoms with E-state index in [1.54, 1.807) is 26.0 Å². The summed E-state index contributed by atoms with van der Waals surface area (Å²) >= 11 is 0. The summed E-state index contributed by atoms with van der Waals surface area (Å²) < 4.78 is 26.0. The van der Waals surface area contributed by atoms with Crippen molar-refractivity contribution in [3.05, 3.63) is 29.8 Å². The highest BCUT2D eigenvalue weighted by molar-refractivity contribution is 7.92. The molecular formula is C14H20N2O5S. The minimum Gasteiger partial charge on any atom is -0.481 e. The summed E-state index contributed by atoms with van der Waals surface area (Å²) in [6, 6.07) is 5.62. The quantitative estimate of drug-likeness (QED) is 0.668. The first-order chi connectivity index (χ1) is 10.2. The third-order valence-corrected chi connectivity index (χ3v) is 4.24. The van der Waals surface area contributed by atoms with Crippen molar-refractivity contribution in [2.45, 2.75) is 32.7 Å². The molecule has 0 spiro atoms. The number of benzene rings is 1. The molecule has 22 heavy (non-hydrogen) atoms. The summed E-state index contributed by atoms with van der Waals surface area (Å²) in [4.78, 5) is 22.8. The molecule has 8 heteroatoms. The maximum atomic E-state index is 12.2. The van der Waals surface area contributed by atoms with Gasteiger partial charge >= 0.3 is 5.97 Å². The Balaban J connectivity index is 2.91. The molecule has 1 aromatic carbocycles. The minimum absolute atomic E-state index is 0.0433. The Morgan fingerprint density at radius 1 is 1.27 bits per heavy atom. The number of aliphatic carboxylic acids is 1. The molecule has 1 unspecified atom stereocenters. The average Bonchev–Trinajstić information content (AvgIpc) is 2.37. The third-order valence-electron chi connectivity index (χ3n) is 2.77. The number of carbonyl (C=O) groups excluding carboxylic acids is 1. The summed E-state index contributed by atoms with van der Waals surface area (Å²) in [6.45, 7) is 3.31. The number of nitrogens with one attached hydrogen (secondary N) is 2. The second-order valence-corrected chi connectivity index (χ2v) is 6.78. The maximum absolute atomic E-state index is 12.2. The average molecular weight is 328 g/mol. The molecule has 0 fully saturated rings. The SMILES string of the molecule is CCCS(=O)(=O)Nc1ccccc1C(=O)NC(C)CC(=O)O. The monoisotopic (exact) mass is 328 g/mol. The Hall–Kier alpha value is -2.09. The van der Waals surface area contributed by atoms with Gasteiger partial charge in [-0.05, 0) is 25.5 Å². The fourth-order valence-electron chi connectivity index (χ4n) is 1.87. The Labute approximate surface area is 129 Å². The zero-order valence-electron chi connectivity index (χ0n) is 12.5. The highest BCUT2D eigenvalue weighted by Gasteiger charge is 2.18. The summed E-state index contributed by atoms with van der Waals surface area (Å²) in [6.07, 6.45) is 0.245. The molecule has 0 heterocycles. The van der Waals surface area contributed by atoms with E-state index in [-0.39, 0.29) is 23.4 Å². The number of carbonyl (C=O) groups is 2. The maximum Gasteiger partial charge on any atom is 0.305 e. The van der Waals surface area contributed by atoms with Crippen molar-refractivity contribution >= 4 is 27.6 Å². The number of amides is 1. The lowest BCUT2D eigenvalue weighted by Crippen LogP contribution is -2.34. The van der Waals surface area contributed by atoms with Crippen molar-refractivity contribution in [2.24, 2.45) is 0 Å². The molecule has 3 N–H and O–H groups in total. The largest absolute Gasteiger partial charge is 0.481 e. The predicted octanol–water partition coefficient (Wildman–Crippen LogP) is 1.43. The number of rotatable bonds is 8. The fraction of sp³-hybridized carbons (Fsp3) is 0.429. The first-order valence-corrected chi connectivity index (χ1v) is 8.52. The molecule has 0 saturated heterocycles. The number of sulfonamides is 1. The lowest BCUT2D eigenvalue weighted by Gasteiger charge is -2.15. The molecule has 1 atom stereocenters. The topological polar surface area (TPSA) is 113 Å². The van der Waals surface area contributed by atoms with Gasteiger partial charge in [-0.3, -0.25) is 14.3 Å². The number of hydrogen-bond donors (Lipinski definition) is 3. The molecule has 1 aromatic rings. The van der Waals surface area contributed by atoms with Crippen molar-refractivity contribution in [3.63, 3.8) is 0 Å². The van der Waals surface area contributed by atoms with Gasteiger partial charge in [0.2, 0.25) is 10.0 Å². The van der Waals surface area contributed by atoms with Crippen LogP contribution in [0.1, 0.15) is 37.0 Å². The molecule has 0 aliphatic carbocycles. The number of anilines is 1. The van der Waals surface area contributed by atoms with Gasteiger partial charge in [-0.15, -0.1) is 0 Å². The fourth-order valence-corrected chi connectivity index (χ4v) is 3.02. The smallest absolute Gasteiger partial charge is 0.305 e. The second-order valence-electron chi connectivity index (χ2n) is 4.94. The standard InChI is InChI=1S/C14H20N2O5S/c1-3-8-22(20,21)16-12-7-5-4-6-11(12)14(19)15-10(2)9-13(17)18/h4-7,10,16H,3,8-9H2,1-2H3,(H,15,19)(H,17,18). The zero-order chi connectivity index (χ0) is 16.8. The Bertz CT molecular complexity index is 642. The van der Waals surface area contributed by atoms with Crippen molar-refractivity contribution in [3.8, 4) is 0 Å². The van der Waals surface area contributed by atoms with E-state index in [0.29, 0.717) is 6.42 Å². The summed E-state index contributed by atoms with van der Waals surface area (Å²) in [5.74, 6) is -1.59. The summed E-state index contributed by atoms with van der Waals surface area (Å²) in [5.41, 5.74) is 0.329. The van der Waals surface area contributed by atoms with Gasteiger partial charge in [0.25, 0.3) is 5.91 Å². The normalized spacial score (nSPS) is 12.5. The first-order valence-electron chi connectivity index (χ1n) is 6.87. The molecule has 0 radical (unpaired) electrons. The van der Waals surface area contributed by atoms with Crippen LogP contribution >= 0.6 is 0 Å². The van der Waals surface area contributed by atoms with E-state index in [2.05, 4.69) is 10.0 Å². The Morgan fingerprint density at radius 2 is 1.91 bits per heavy atom. The van der Waals surface area contributed by atoms with Crippen LogP contribution in [-0.2, 0) is 14.8 Å². The molecule has 1 amide bonds. The van der Waals surface area contributed by atoms with Gasteiger partial charge in [-0.1, -0.05) is 19.1 Å². The Kier molecular flexibility index (Phi) is 6.36. The van der Waals surface area contributed by atoms with Gasteiger partial charge in [0.1, 0.15) is 0 Å². The van der Waals surface area contributed by atoms with Gasteiger partial charge in [0.15, 0.2) is 0 Å². The van der Waals surface area contributed by atoms with Crippen LogP contribution in [0, 0.1) is 0 Å². The van der Waals surface area contributed by atoms with Crippen LogP contribution in [0.3, 0.4) is 0 Å². The molecular weight excluding hydrogens is 308 g/mol. The van der Waals surface area contributed by atoms with Crippen molar-refractivity contribution in [1.82, 2.24) is 5.32 Å². The van der Waals surface area contributed by atoms with Gasteiger partial charge in [-0.25, -0.2) is 8.42 Å². The van der Waals surface area contributed by atoms with Gasteiger partial charge in [0.05, 0.1) is 23.4 Å². The first kappa shape index (κ1) is 18.0. The van der Waals surface area contributed by atoms with Crippen molar-refractivity contribution in [2.75, 3.05) is 10.5 Å². The summed E-state index contributed by atoms with van der Waals surface area (Å²) in [5, 5.41) is 11.2. The number of carboxylic acid groups (broad SMARTS) is 1. The number of carboxylic acids is 1. The highest BCUT2D eigenvalue weighted by Crippen LogP contribution is 2.17. The predicted molar refractivity (Wildman–Crippen MR) is 83.3 cm³/mol. The van der Waals surface area contributed by atoms with E-state index in [1.807, 2.05) is 0 Å². The van der Waals surface area contributed by atoms with E-state index in [4.69, 9.17) is 5.11 Å². The van der Waals surface area contributed by atoms with E-state index in [0.717, 1.165) is 0 Å². The van der Waals surface area contributed by atoms with Gasteiger partial charge < -0.3 is 10.4 Å². The molecule has 0 aliphatic heterocycles. The molecule has 0 saturated carbocycles. The van der Waals surface area contributed by atoms with Crippen LogP contribution in [0.5, 0.6) is 0 Å². The van der Waals surface area contributed by atoms with E-state index in [9.17, 15) is 18.0 Å². The van der Waals surface area contributed by atoms with Crippen LogP contribution in [0.4, 0.5) is 5.69 Å². The number of para-hydroxylation sites is 1. The summed E-state index contributed by atoms with van der Waals surface area (Å²) in [7, 11) is -3.51. The van der Waals surface area contributed by atoms with Gasteiger partial charge in [0, 0.05) is 6.04 Å². The lowest BCUT2D eigenvalue weighted by atomic mass is 10.1. The molecule has 0 aromatic heterocycles. The van der Waals surface area contributed by atoms with E-state index in [1.165, 1.54) is 12.1 Å². The highest BCUT2D eigenvalue weighted by atomic mass is 32.2. The van der Waals surface area contributed by atoms with Crippen molar-refractivity contribution in [1.29, 1.82) is 0 Å². The molecule has 0 bridgehead atoms. The van der Waals surface area contributed by atoms with Crippen LogP contribution in [0.2, 0.25) is 0 Å². The lowest BCUT2D eigenvalue weighted by molar-refractivity contribution is -0.137.